The van der Waals surface area contributed by atoms with Crippen molar-refractivity contribution in [1.29, 1.82) is 0 Å². The Balaban J connectivity index is 2.34. The standard InChI is InChI=1S/C14H16N6O2/c1-9(21)17-14-18-12(7-8-16-20-15)13(19-14)10-3-5-11(22-2)6-4-10/h3-6H,7-8H2,1-2H3,(H2,17,18,19,21). The third kappa shape index (κ3) is 3.77. The van der Waals surface area contributed by atoms with Crippen LogP contribution in [0.15, 0.2) is 29.4 Å². The van der Waals surface area contributed by atoms with E-state index < -0.39 is 0 Å². The lowest BCUT2D eigenvalue weighted by Crippen LogP contribution is -2.07. The highest BCUT2D eigenvalue weighted by atomic mass is 16.5. The Labute approximate surface area is 127 Å². The molecule has 2 aromatic rings. The van der Waals surface area contributed by atoms with E-state index in [4.69, 9.17) is 10.3 Å². The first-order chi connectivity index (χ1) is 10.6. The number of hydrogen-bond donors (Lipinski definition) is 2. The van der Waals surface area contributed by atoms with E-state index >= 15 is 0 Å². The van der Waals surface area contributed by atoms with Gasteiger partial charge in [0.2, 0.25) is 11.9 Å². The van der Waals surface area contributed by atoms with Gasteiger partial charge in [0, 0.05) is 29.6 Å². The highest BCUT2D eigenvalue weighted by molar-refractivity contribution is 5.87. The number of hydrogen-bond acceptors (Lipinski definition) is 4. The number of H-pyrrole nitrogens is 1. The normalized spacial score (nSPS) is 9.91. The van der Waals surface area contributed by atoms with Crippen LogP contribution >= 0.6 is 0 Å². The minimum atomic E-state index is -0.211. The van der Waals surface area contributed by atoms with Crippen LogP contribution in [0.25, 0.3) is 21.7 Å². The van der Waals surface area contributed by atoms with Crippen LogP contribution in [0.1, 0.15) is 12.6 Å². The van der Waals surface area contributed by atoms with Gasteiger partial charge >= 0.3 is 0 Å². The van der Waals surface area contributed by atoms with Crippen molar-refractivity contribution >= 4 is 11.9 Å². The van der Waals surface area contributed by atoms with E-state index in [1.807, 2.05) is 24.3 Å². The van der Waals surface area contributed by atoms with E-state index in [1.54, 1.807) is 7.11 Å². The quantitative estimate of drug-likeness (QED) is 0.485. The van der Waals surface area contributed by atoms with Crippen LogP contribution < -0.4 is 10.1 Å². The van der Waals surface area contributed by atoms with Crippen molar-refractivity contribution in [2.45, 2.75) is 13.3 Å². The van der Waals surface area contributed by atoms with Gasteiger partial charge in [-0.2, -0.15) is 0 Å². The third-order valence-corrected chi connectivity index (χ3v) is 2.96. The zero-order valence-corrected chi connectivity index (χ0v) is 12.3. The summed E-state index contributed by atoms with van der Waals surface area (Å²) in [5.74, 6) is 0.905. The number of imidazole rings is 1. The predicted molar refractivity (Wildman–Crippen MR) is 82.6 cm³/mol. The van der Waals surface area contributed by atoms with Crippen molar-refractivity contribution in [1.82, 2.24) is 9.97 Å². The molecule has 0 unspecified atom stereocenters. The summed E-state index contributed by atoms with van der Waals surface area (Å²) in [5.41, 5.74) is 10.8. The van der Waals surface area contributed by atoms with Gasteiger partial charge in [-0.15, -0.1) is 0 Å². The summed E-state index contributed by atoms with van der Waals surface area (Å²) in [6.45, 7) is 1.72. The lowest BCUT2D eigenvalue weighted by molar-refractivity contribution is -0.114. The second-order valence-corrected chi connectivity index (χ2v) is 4.53. The third-order valence-electron chi connectivity index (χ3n) is 2.96. The number of benzene rings is 1. The lowest BCUT2D eigenvalue weighted by Gasteiger charge is -2.03. The molecule has 8 heteroatoms. The minimum Gasteiger partial charge on any atom is -0.497 e. The second kappa shape index (κ2) is 7.14. The molecule has 0 aliphatic rings. The molecule has 8 nitrogen and oxygen atoms in total. The first kappa shape index (κ1) is 15.4. The van der Waals surface area contributed by atoms with E-state index in [1.165, 1.54) is 6.92 Å². The van der Waals surface area contributed by atoms with Gasteiger partial charge in [0.05, 0.1) is 12.8 Å². The Morgan fingerprint density at radius 2 is 2.18 bits per heavy atom. The molecule has 114 valence electrons. The highest BCUT2D eigenvalue weighted by Crippen LogP contribution is 2.26. The molecule has 1 heterocycles. The van der Waals surface area contributed by atoms with Crippen molar-refractivity contribution < 1.29 is 9.53 Å². The lowest BCUT2D eigenvalue weighted by atomic mass is 10.1. The Bertz CT molecular complexity index is 701. The molecule has 0 aliphatic heterocycles. The van der Waals surface area contributed by atoms with Crippen LogP contribution in [-0.2, 0) is 11.2 Å². The number of aromatic nitrogens is 2. The fourth-order valence-electron chi connectivity index (χ4n) is 2.01. The number of nitrogens with one attached hydrogen (secondary N) is 2. The summed E-state index contributed by atoms with van der Waals surface area (Å²) in [5, 5.41) is 6.14. The summed E-state index contributed by atoms with van der Waals surface area (Å²) in [6.07, 6.45) is 0.498. The first-order valence-corrected chi connectivity index (χ1v) is 6.65. The van der Waals surface area contributed by atoms with Gasteiger partial charge in [0.25, 0.3) is 0 Å². The zero-order chi connectivity index (χ0) is 15.9. The Morgan fingerprint density at radius 1 is 1.45 bits per heavy atom. The molecule has 22 heavy (non-hydrogen) atoms. The van der Waals surface area contributed by atoms with Gasteiger partial charge in [-0.1, -0.05) is 5.11 Å². The highest BCUT2D eigenvalue weighted by Gasteiger charge is 2.13. The molecular formula is C14H16N6O2. The van der Waals surface area contributed by atoms with Crippen LogP contribution in [0, 0.1) is 0 Å². The van der Waals surface area contributed by atoms with Gasteiger partial charge in [-0.3, -0.25) is 10.1 Å². The maximum Gasteiger partial charge on any atom is 0.223 e. The molecule has 0 saturated heterocycles. The van der Waals surface area contributed by atoms with Crippen LogP contribution in [-0.4, -0.2) is 29.5 Å². The molecule has 2 rings (SSSR count). The maximum absolute atomic E-state index is 11.2. The molecule has 1 amide bonds. The van der Waals surface area contributed by atoms with E-state index in [0.717, 1.165) is 17.0 Å². The number of carbonyl (C=O) groups excluding carboxylic acids is 1. The van der Waals surface area contributed by atoms with E-state index in [2.05, 4.69) is 25.3 Å². The summed E-state index contributed by atoms with van der Waals surface area (Å²) in [4.78, 5) is 21.3. The fourth-order valence-corrected chi connectivity index (χ4v) is 2.01. The summed E-state index contributed by atoms with van der Waals surface area (Å²) >= 11 is 0. The average molecular weight is 300 g/mol. The number of azide groups is 1. The zero-order valence-electron chi connectivity index (χ0n) is 12.3. The van der Waals surface area contributed by atoms with Crippen LogP contribution in [0.2, 0.25) is 0 Å². The fraction of sp³-hybridized carbons (Fsp3) is 0.286. The largest absolute Gasteiger partial charge is 0.497 e. The molecule has 0 bridgehead atoms. The van der Waals surface area contributed by atoms with Gasteiger partial charge in [0.1, 0.15) is 5.75 Å². The minimum absolute atomic E-state index is 0.211. The summed E-state index contributed by atoms with van der Waals surface area (Å²) < 4.78 is 5.13. The van der Waals surface area contributed by atoms with Crippen molar-refractivity contribution in [2.24, 2.45) is 5.11 Å². The van der Waals surface area contributed by atoms with Crippen molar-refractivity contribution in [3.63, 3.8) is 0 Å². The summed E-state index contributed by atoms with van der Waals surface area (Å²) in [7, 11) is 1.60. The van der Waals surface area contributed by atoms with Gasteiger partial charge < -0.3 is 9.72 Å². The van der Waals surface area contributed by atoms with Crippen LogP contribution in [0.4, 0.5) is 5.95 Å². The van der Waals surface area contributed by atoms with E-state index in [9.17, 15) is 4.79 Å². The molecule has 0 radical (unpaired) electrons. The Kier molecular flexibility index (Phi) is 5.00. The molecule has 0 spiro atoms. The number of aromatic amines is 1. The monoisotopic (exact) mass is 300 g/mol. The molecule has 1 aromatic carbocycles. The Morgan fingerprint density at radius 3 is 2.77 bits per heavy atom. The molecule has 0 saturated carbocycles. The predicted octanol–water partition coefficient (Wildman–Crippen LogP) is 2.90. The van der Waals surface area contributed by atoms with Crippen LogP contribution in [0.5, 0.6) is 5.75 Å². The van der Waals surface area contributed by atoms with Gasteiger partial charge in [-0.25, -0.2) is 4.98 Å². The van der Waals surface area contributed by atoms with Crippen molar-refractivity contribution in [2.75, 3.05) is 19.0 Å². The van der Waals surface area contributed by atoms with E-state index in [-0.39, 0.29) is 5.91 Å². The number of anilines is 1. The number of methoxy groups -OCH3 is 1. The molecule has 0 aliphatic carbocycles. The number of ether oxygens (including phenoxy) is 1. The summed E-state index contributed by atoms with van der Waals surface area (Å²) in [6, 6.07) is 7.42. The first-order valence-electron chi connectivity index (χ1n) is 6.65. The van der Waals surface area contributed by atoms with Gasteiger partial charge in [-0.05, 0) is 36.2 Å². The molecular weight excluding hydrogens is 284 g/mol. The number of nitrogens with zero attached hydrogens (tertiary/aromatic N) is 4. The SMILES string of the molecule is COc1ccc(-c2nc(NC(C)=O)[nH]c2CCN=[N+]=[N-])cc1. The van der Waals surface area contributed by atoms with Gasteiger partial charge in [0.15, 0.2) is 0 Å². The van der Waals surface area contributed by atoms with E-state index in [0.29, 0.717) is 24.6 Å². The van der Waals surface area contributed by atoms with Crippen LogP contribution in [0.3, 0.4) is 0 Å². The number of amides is 1. The molecule has 0 fully saturated rings. The van der Waals surface area contributed by atoms with Crippen molar-refractivity contribution in [3.8, 4) is 17.0 Å². The number of carbonyl (C=O) groups is 1. The average Bonchev–Trinajstić information content (AvgIpc) is 2.89. The molecule has 1 aromatic heterocycles. The number of rotatable bonds is 6. The van der Waals surface area contributed by atoms with Crippen molar-refractivity contribution in [3.05, 3.63) is 40.4 Å². The smallest absolute Gasteiger partial charge is 0.223 e. The second-order valence-electron chi connectivity index (χ2n) is 4.53. The topological polar surface area (TPSA) is 116 Å². The molecule has 2 N–H and O–H groups in total. The Hall–Kier alpha value is -2.99. The molecule has 0 atom stereocenters. The maximum atomic E-state index is 11.2.